The van der Waals surface area contributed by atoms with Gasteiger partial charge in [-0.05, 0) is 16.4 Å². The van der Waals surface area contributed by atoms with Gasteiger partial charge in [-0.2, -0.15) is 0 Å². The van der Waals surface area contributed by atoms with Crippen LogP contribution in [0.4, 0.5) is 4.79 Å². The number of amidine groups is 1. The van der Waals surface area contributed by atoms with Gasteiger partial charge >= 0.3 is 6.03 Å². The fourth-order valence-corrected chi connectivity index (χ4v) is 4.67. The Morgan fingerprint density at radius 2 is 1.94 bits per heavy atom. The molecule has 32 heavy (non-hydrogen) atoms. The van der Waals surface area contributed by atoms with E-state index in [9.17, 15) is 19.2 Å². The lowest BCUT2D eigenvalue weighted by molar-refractivity contribution is -0.519. The van der Waals surface area contributed by atoms with Crippen LogP contribution in [-0.2, 0) is 9.59 Å². The zero-order valence-corrected chi connectivity index (χ0v) is 18.9. The van der Waals surface area contributed by atoms with E-state index in [1.54, 1.807) is 11.6 Å². The summed E-state index contributed by atoms with van der Waals surface area (Å²) in [5.74, 6) is -0.213. The van der Waals surface area contributed by atoms with Crippen LogP contribution in [0.15, 0.2) is 22.5 Å². The first kappa shape index (κ1) is 22.1. The maximum Gasteiger partial charge on any atom is 0.333 e. The minimum atomic E-state index is -0.762. The van der Waals surface area contributed by atoms with Gasteiger partial charge < -0.3 is 10.2 Å². The monoisotopic (exact) mass is 460 g/mol. The highest BCUT2D eigenvalue weighted by Crippen LogP contribution is 2.16. The molecule has 12 heteroatoms. The van der Waals surface area contributed by atoms with Crippen LogP contribution in [0.2, 0.25) is 0 Å². The molecule has 2 fully saturated rings. The number of fused-ring (bicyclic) bond motifs is 1. The van der Waals surface area contributed by atoms with Crippen molar-refractivity contribution in [1.82, 2.24) is 24.9 Å². The second-order valence-corrected chi connectivity index (χ2v) is 8.83. The van der Waals surface area contributed by atoms with Crippen molar-refractivity contribution in [3.05, 3.63) is 22.4 Å². The molecule has 1 atom stereocenters. The van der Waals surface area contributed by atoms with E-state index < -0.39 is 18.0 Å². The third-order valence-electron chi connectivity index (χ3n) is 5.86. The SMILES string of the molecule is CN1C(=O)C2C(=NC=[N+]2CC(=O)NCCN2CCN(C(=O)c3cccs3)CC2)N(C)C1=O. The molecule has 5 amide bonds. The van der Waals surface area contributed by atoms with Crippen molar-refractivity contribution in [2.24, 2.45) is 4.99 Å². The second kappa shape index (κ2) is 9.17. The van der Waals surface area contributed by atoms with Crippen molar-refractivity contribution in [1.29, 1.82) is 0 Å². The number of nitrogens with one attached hydrogen (secondary N) is 1. The van der Waals surface area contributed by atoms with Crippen LogP contribution in [0.25, 0.3) is 0 Å². The summed E-state index contributed by atoms with van der Waals surface area (Å²) in [6.45, 7) is 3.97. The molecule has 1 unspecified atom stereocenters. The maximum absolute atomic E-state index is 12.5. The van der Waals surface area contributed by atoms with Gasteiger partial charge in [-0.25, -0.2) is 9.37 Å². The number of hydrogen-bond donors (Lipinski definition) is 1. The molecule has 1 N–H and O–H groups in total. The van der Waals surface area contributed by atoms with Gasteiger partial charge in [-0.3, -0.25) is 29.1 Å². The number of thiophene rings is 1. The number of amides is 5. The average molecular weight is 461 g/mol. The zero-order valence-electron chi connectivity index (χ0n) is 18.1. The molecule has 11 nitrogen and oxygen atoms in total. The number of hydrogen-bond acceptors (Lipinski definition) is 7. The minimum absolute atomic E-state index is 0.0254. The summed E-state index contributed by atoms with van der Waals surface area (Å²) in [5.41, 5.74) is 0. The lowest BCUT2D eigenvalue weighted by atomic mass is 10.1. The molecule has 1 aromatic rings. The first-order chi connectivity index (χ1) is 15.4. The van der Waals surface area contributed by atoms with E-state index in [4.69, 9.17) is 0 Å². The summed E-state index contributed by atoms with van der Waals surface area (Å²) >= 11 is 1.45. The highest BCUT2D eigenvalue weighted by atomic mass is 32.1. The van der Waals surface area contributed by atoms with Crippen molar-refractivity contribution >= 4 is 47.3 Å². The minimum Gasteiger partial charge on any atom is -0.351 e. The van der Waals surface area contributed by atoms with Gasteiger partial charge in [-0.15, -0.1) is 11.3 Å². The van der Waals surface area contributed by atoms with Crippen molar-refractivity contribution in [3.63, 3.8) is 0 Å². The number of nitrogens with zero attached hydrogens (tertiary/aromatic N) is 6. The number of likely N-dealkylation sites (N-methyl/N-ethyl adjacent to an activating group) is 2. The van der Waals surface area contributed by atoms with Gasteiger partial charge in [0.2, 0.25) is 0 Å². The van der Waals surface area contributed by atoms with Crippen LogP contribution in [0.3, 0.4) is 0 Å². The highest BCUT2D eigenvalue weighted by Gasteiger charge is 2.50. The largest absolute Gasteiger partial charge is 0.351 e. The average Bonchev–Trinajstić information content (AvgIpc) is 3.47. The van der Waals surface area contributed by atoms with Crippen molar-refractivity contribution in [2.75, 3.05) is 59.9 Å². The third kappa shape index (κ3) is 4.28. The standard InChI is InChI=1S/C20H25N7O4S/c1-23-17-16(19(30)24(2)20(23)31)27(13-22-17)12-15(28)21-5-6-25-7-9-26(10-8-25)18(29)14-4-3-11-32-14/h3-4,11,13,16H,5-10,12H2,1-2H3/p+1. The van der Waals surface area contributed by atoms with E-state index in [0.29, 0.717) is 32.0 Å². The van der Waals surface area contributed by atoms with Gasteiger partial charge in [0.1, 0.15) is 0 Å². The Morgan fingerprint density at radius 1 is 1.19 bits per heavy atom. The molecule has 0 spiro atoms. The Hall–Kier alpha value is -3.12. The van der Waals surface area contributed by atoms with Crippen LogP contribution in [-0.4, -0.2) is 126 Å². The smallest absolute Gasteiger partial charge is 0.333 e. The van der Waals surface area contributed by atoms with Gasteiger partial charge in [0.05, 0.1) is 4.88 Å². The maximum atomic E-state index is 12.5. The Kier molecular flexibility index (Phi) is 6.33. The zero-order chi connectivity index (χ0) is 22.8. The molecule has 3 aliphatic heterocycles. The number of carbonyl (C=O) groups is 4. The third-order valence-corrected chi connectivity index (χ3v) is 6.72. The molecule has 0 aromatic carbocycles. The second-order valence-electron chi connectivity index (χ2n) is 7.88. The summed E-state index contributed by atoms with van der Waals surface area (Å²) in [6, 6.07) is 2.52. The number of rotatable bonds is 6. The van der Waals surface area contributed by atoms with Crippen molar-refractivity contribution < 1.29 is 23.8 Å². The lowest BCUT2D eigenvalue weighted by Crippen LogP contribution is -2.62. The van der Waals surface area contributed by atoms with Gasteiger partial charge in [0.15, 0.2) is 6.54 Å². The van der Waals surface area contributed by atoms with Gasteiger partial charge in [-0.1, -0.05) is 6.07 Å². The highest BCUT2D eigenvalue weighted by molar-refractivity contribution is 7.12. The quantitative estimate of drug-likeness (QED) is 0.546. The Labute approximate surface area is 189 Å². The molecular formula is C20H26N7O4S+. The molecule has 0 radical (unpaired) electrons. The summed E-state index contributed by atoms with van der Waals surface area (Å²) in [4.78, 5) is 60.7. The molecule has 0 saturated carbocycles. The van der Waals surface area contributed by atoms with Crippen LogP contribution in [0.5, 0.6) is 0 Å². The normalized spacial score (nSPS) is 21.4. The number of urea groups is 1. The van der Waals surface area contributed by atoms with Gasteiger partial charge in [0.25, 0.3) is 35.9 Å². The predicted molar refractivity (Wildman–Crippen MR) is 118 cm³/mol. The fraction of sp³-hybridized carbons (Fsp3) is 0.500. The van der Waals surface area contributed by atoms with E-state index in [1.165, 1.54) is 29.6 Å². The van der Waals surface area contributed by atoms with Crippen LogP contribution >= 0.6 is 11.3 Å². The summed E-state index contributed by atoms with van der Waals surface area (Å²) in [7, 11) is 2.98. The molecule has 3 aliphatic rings. The molecule has 170 valence electrons. The molecule has 0 bridgehead atoms. The summed E-state index contributed by atoms with van der Waals surface area (Å²) in [5, 5.41) is 4.78. The Bertz CT molecular complexity index is 982. The van der Waals surface area contributed by atoms with E-state index in [0.717, 1.165) is 22.9 Å². The van der Waals surface area contributed by atoms with E-state index in [1.807, 2.05) is 22.4 Å². The molecule has 4 rings (SSSR count). The lowest BCUT2D eigenvalue weighted by Gasteiger charge is -2.34. The Morgan fingerprint density at radius 3 is 2.62 bits per heavy atom. The molecule has 1 aromatic heterocycles. The van der Waals surface area contributed by atoms with E-state index in [-0.39, 0.29) is 18.4 Å². The van der Waals surface area contributed by atoms with Crippen LogP contribution in [0, 0.1) is 0 Å². The predicted octanol–water partition coefficient (Wildman–Crippen LogP) is -1.03. The van der Waals surface area contributed by atoms with Crippen molar-refractivity contribution in [2.45, 2.75) is 6.04 Å². The van der Waals surface area contributed by atoms with E-state index >= 15 is 0 Å². The summed E-state index contributed by atoms with van der Waals surface area (Å²) < 4.78 is 1.54. The topological polar surface area (TPSA) is 109 Å². The number of aliphatic imine (C=N–C) groups is 1. The molecular weight excluding hydrogens is 434 g/mol. The molecule has 4 heterocycles. The molecule has 0 aliphatic carbocycles. The fourth-order valence-electron chi connectivity index (χ4n) is 3.98. The van der Waals surface area contributed by atoms with Crippen LogP contribution < -0.4 is 5.32 Å². The first-order valence-electron chi connectivity index (χ1n) is 10.4. The summed E-state index contributed by atoms with van der Waals surface area (Å²) in [6.07, 6.45) is 1.43. The van der Waals surface area contributed by atoms with Gasteiger partial charge in [0, 0.05) is 53.4 Å². The van der Waals surface area contributed by atoms with Crippen molar-refractivity contribution in [3.8, 4) is 0 Å². The number of imide groups is 1. The van der Waals surface area contributed by atoms with Crippen LogP contribution in [0.1, 0.15) is 9.67 Å². The van der Waals surface area contributed by atoms with E-state index in [2.05, 4.69) is 15.2 Å². The number of carbonyl (C=O) groups excluding carboxylic acids is 4. The number of piperazine rings is 1. The first-order valence-corrected chi connectivity index (χ1v) is 11.3. The molecule has 2 saturated heterocycles. The Balaban J connectivity index is 1.19.